The van der Waals surface area contributed by atoms with Crippen LogP contribution in [0.4, 0.5) is 0 Å². The number of benzene rings is 2. The monoisotopic (exact) mass is 352 g/mol. The molecule has 134 valence electrons. The van der Waals surface area contributed by atoms with E-state index < -0.39 is 5.97 Å². The summed E-state index contributed by atoms with van der Waals surface area (Å²) >= 11 is 0. The highest BCUT2D eigenvalue weighted by molar-refractivity contribution is 6.06. The fraction of sp³-hybridized carbons (Fsp3) is 0.143. The number of hydrogen-bond donors (Lipinski definition) is 0. The summed E-state index contributed by atoms with van der Waals surface area (Å²) in [6, 6.07) is 14.0. The minimum Gasteiger partial charge on any atom is -0.490 e. The van der Waals surface area contributed by atoms with Gasteiger partial charge in [-0.25, -0.2) is 4.79 Å². The normalized spacial score (nSPS) is 10.3. The van der Waals surface area contributed by atoms with Gasteiger partial charge in [0.05, 0.1) is 7.11 Å². The second kappa shape index (κ2) is 9.84. The zero-order valence-corrected chi connectivity index (χ0v) is 14.5. The highest BCUT2D eigenvalue weighted by atomic mass is 16.6. The molecule has 5 nitrogen and oxygen atoms in total. The molecular weight excluding hydrogens is 332 g/mol. The van der Waals surface area contributed by atoms with Crippen molar-refractivity contribution in [3.8, 4) is 11.5 Å². The van der Waals surface area contributed by atoms with Crippen molar-refractivity contribution in [1.82, 2.24) is 0 Å². The van der Waals surface area contributed by atoms with E-state index in [2.05, 4.69) is 11.3 Å². The van der Waals surface area contributed by atoms with Gasteiger partial charge in [-0.3, -0.25) is 4.79 Å². The molecule has 0 aliphatic heterocycles. The fourth-order valence-corrected chi connectivity index (χ4v) is 2.02. The Morgan fingerprint density at radius 3 is 2.19 bits per heavy atom. The Bertz CT molecular complexity index is 773. The van der Waals surface area contributed by atoms with Crippen molar-refractivity contribution in [3.05, 3.63) is 78.4 Å². The first-order chi connectivity index (χ1) is 12.6. The van der Waals surface area contributed by atoms with Gasteiger partial charge in [-0.1, -0.05) is 30.9 Å². The fourth-order valence-electron chi connectivity index (χ4n) is 2.02. The topological polar surface area (TPSA) is 61.8 Å². The summed E-state index contributed by atoms with van der Waals surface area (Å²) in [5.74, 6) is 0.646. The molecule has 2 rings (SSSR count). The Kier molecular flexibility index (Phi) is 7.18. The van der Waals surface area contributed by atoms with Crippen LogP contribution >= 0.6 is 0 Å². The van der Waals surface area contributed by atoms with E-state index in [0.717, 1.165) is 11.3 Å². The minimum atomic E-state index is -0.464. The summed E-state index contributed by atoms with van der Waals surface area (Å²) < 4.78 is 15.1. The number of hydrogen-bond acceptors (Lipinski definition) is 5. The number of rotatable bonds is 9. The lowest BCUT2D eigenvalue weighted by Gasteiger charge is -2.05. The maximum atomic E-state index is 12.2. The Labute approximate surface area is 152 Å². The van der Waals surface area contributed by atoms with E-state index in [0.29, 0.717) is 17.9 Å². The first-order valence-electron chi connectivity index (χ1n) is 7.98. The predicted octanol–water partition coefficient (Wildman–Crippen LogP) is 3.70. The quantitative estimate of drug-likeness (QED) is 0.298. The van der Waals surface area contributed by atoms with Crippen LogP contribution in [0.1, 0.15) is 15.9 Å². The molecule has 5 heteroatoms. The third kappa shape index (κ3) is 5.94. The van der Waals surface area contributed by atoms with Gasteiger partial charge in [0, 0.05) is 5.56 Å². The molecule has 0 aromatic heterocycles. The number of ketones is 1. The lowest BCUT2D eigenvalue weighted by atomic mass is 10.1. The van der Waals surface area contributed by atoms with E-state index in [4.69, 9.17) is 9.47 Å². The van der Waals surface area contributed by atoms with Crippen molar-refractivity contribution in [2.45, 2.75) is 0 Å². The summed E-state index contributed by atoms with van der Waals surface area (Å²) in [5, 5.41) is 0. The molecule has 0 unspecified atom stereocenters. The smallest absolute Gasteiger partial charge is 0.343 e. The molecule has 26 heavy (non-hydrogen) atoms. The number of methoxy groups -OCH3 is 1. The van der Waals surface area contributed by atoms with Crippen molar-refractivity contribution >= 4 is 17.8 Å². The molecule has 0 fully saturated rings. The van der Waals surface area contributed by atoms with Crippen LogP contribution in [0.2, 0.25) is 0 Å². The van der Waals surface area contributed by atoms with Crippen LogP contribution in [-0.4, -0.2) is 32.1 Å². The Balaban J connectivity index is 1.93. The summed E-state index contributed by atoms with van der Waals surface area (Å²) in [5.41, 5.74) is 1.42. The van der Waals surface area contributed by atoms with Gasteiger partial charge in [0.2, 0.25) is 0 Å². The number of carbonyl (C=O) groups excluding carboxylic acids is 2. The molecule has 0 saturated heterocycles. The largest absolute Gasteiger partial charge is 0.490 e. The Morgan fingerprint density at radius 1 is 0.962 bits per heavy atom. The second-order valence-electron chi connectivity index (χ2n) is 5.26. The van der Waals surface area contributed by atoms with Gasteiger partial charge in [0.15, 0.2) is 12.4 Å². The van der Waals surface area contributed by atoms with Crippen molar-refractivity contribution in [3.63, 3.8) is 0 Å². The summed E-state index contributed by atoms with van der Waals surface area (Å²) in [6.45, 7) is 3.88. The minimum absolute atomic E-state index is 0.128. The molecule has 0 spiro atoms. The van der Waals surface area contributed by atoms with Gasteiger partial charge in [-0.2, -0.15) is 0 Å². The first-order valence-corrected chi connectivity index (χ1v) is 7.98. The van der Waals surface area contributed by atoms with Gasteiger partial charge in [-0.05, 0) is 48.0 Å². The van der Waals surface area contributed by atoms with Crippen LogP contribution in [-0.2, 0) is 9.53 Å². The molecule has 0 atom stereocenters. The van der Waals surface area contributed by atoms with Gasteiger partial charge in [0.1, 0.15) is 18.1 Å². The summed E-state index contributed by atoms with van der Waals surface area (Å²) in [4.78, 5) is 23.2. The maximum Gasteiger partial charge on any atom is 0.343 e. The molecule has 0 aliphatic carbocycles. The SMILES string of the molecule is C=CCOc1ccc(/C=C/C(=O)c2ccc(OCC(=O)OC)cc2)cc1. The first kappa shape index (κ1) is 19.0. The molecule has 0 bridgehead atoms. The highest BCUT2D eigenvalue weighted by Crippen LogP contribution is 2.15. The summed E-state index contributed by atoms with van der Waals surface area (Å²) in [7, 11) is 1.29. The van der Waals surface area contributed by atoms with Crippen molar-refractivity contribution in [2.75, 3.05) is 20.3 Å². The van der Waals surface area contributed by atoms with Gasteiger partial charge in [0.25, 0.3) is 0 Å². The predicted molar refractivity (Wildman–Crippen MR) is 99.5 cm³/mol. The third-order valence-corrected chi connectivity index (χ3v) is 3.40. The van der Waals surface area contributed by atoms with Crippen LogP contribution in [0, 0.1) is 0 Å². The van der Waals surface area contributed by atoms with Crippen molar-refractivity contribution in [2.24, 2.45) is 0 Å². The van der Waals surface area contributed by atoms with E-state index in [1.165, 1.54) is 13.2 Å². The maximum absolute atomic E-state index is 12.2. The Morgan fingerprint density at radius 2 is 1.58 bits per heavy atom. The second-order valence-corrected chi connectivity index (χ2v) is 5.26. The zero-order valence-electron chi connectivity index (χ0n) is 14.5. The molecule has 0 aliphatic rings. The molecule has 2 aromatic rings. The number of ether oxygens (including phenoxy) is 3. The van der Waals surface area contributed by atoms with Crippen molar-refractivity contribution < 1.29 is 23.8 Å². The van der Waals surface area contributed by atoms with E-state index in [1.807, 2.05) is 24.3 Å². The van der Waals surface area contributed by atoms with Crippen LogP contribution < -0.4 is 9.47 Å². The van der Waals surface area contributed by atoms with Crippen molar-refractivity contribution in [1.29, 1.82) is 0 Å². The Hall–Kier alpha value is -3.34. The lowest BCUT2D eigenvalue weighted by molar-refractivity contribution is -0.142. The number of allylic oxidation sites excluding steroid dienone is 1. The molecule has 2 aromatic carbocycles. The van der Waals surface area contributed by atoms with E-state index >= 15 is 0 Å². The van der Waals surface area contributed by atoms with E-state index in [1.54, 1.807) is 36.4 Å². The van der Waals surface area contributed by atoms with Crippen LogP contribution in [0.25, 0.3) is 6.08 Å². The standard InChI is InChI=1S/C21H20O5/c1-3-14-25-18-9-4-16(5-10-18)6-13-20(22)17-7-11-19(12-8-17)26-15-21(23)24-2/h3-13H,1,14-15H2,2H3/b13-6+. The van der Waals surface area contributed by atoms with Crippen LogP contribution in [0.15, 0.2) is 67.3 Å². The zero-order chi connectivity index (χ0) is 18.8. The number of carbonyl (C=O) groups is 2. The molecule has 0 N–H and O–H groups in total. The van der Waals surface area contributed by atoms with E-state index in [-0.39, 0.29) is 12.4 Å². The van der Waals surface area contributed by atoms with Crippen LogP contribution in [0.5, 0.6) is 11.5 Å². The van der Waals surface area contributed by atoms with Gasteiger partial charge in [-0.15, -0.1) is 0 Å². The van der Waals surface area contributed by atoms with Gasteiger partial charge < -0.3 is 14.2 Å². The summed E-state index contributed by atoms with van der Waals surface area (Å²) in [6.07, 6.45) is 4.92. The average Bonchev–Trinajstić information content (AvgIpc) is 2.69. The molecule has 0 amide bonds. The molecule has 0 saturated carbocycles. The lowest BCUT2D eigenvalue weighted by Crippen LogP contribution is -2.12. The van der Waals surface area contributed by atoms with Crippen LogP contribution in [0.3, 0.4) is 0 Å². The highest BCUT2D eigenvalue weighted by Gasteiger charge is 2.04. The van der Waals surface area contributed by atoms with E-state index in [9.17, 15) is 9.59 Å². The van der Waals surface area contributed by atoms with Gasteiger partial charge >= 0.3 is 5.97 Å². The average molecular weight is 352 g/mol. The third-order valence-electron chi connectivity index (χ3n) is 3.40. The molecule has 0 heterocycles. The molecular formula is C21H20O5. The molecule has 0 radical (unpaired) electrons. The number of esters is 1.